The summed E-state index contributed by atoms with van der Waals surface area (Å²) >= 11 is 18.6. The van der Waals surface area contributed by atoms with Crippen LogP contribution < -0.4 is 0 Å². The number of aryl methyl sites for hydroxylation is 1. The average molecular weight is 300 g/mol. The van der Waals surface area contributed by atoms with E-state index in [1.807, 2.05) is 49.4 Å². The Morgan fingerprint density at radius 1 is 1.00 bits per heavy atom. The number of benzene rings is 2. The molecule has 94 valence electrons. The molecule has 0 aliphatic heterocycles. The molecule has 0 radical (unpaired) electrons. The Balaban J connectivity index is 2.19. The zero-order chi connectivity index (χ0) is 13.1. The van der Waals surface area contributed by atoms with Gasteiger partial charge in [-0.05, 0) is 42.2 Å². The zero-order valence-electron chi connectivity index (χ0n) is 9.96. The minimum atomic E-state index is -0.0964. The van der Waals surface area contributed by atoms with Crippen molar-refractivity contribution >= 4 is 34.8 Å². The van der Waals surface area contributed by atoms with Crippen LogP contribution in [0.1, 0.15) is 22.1 Å². The van der Waals surface area contributed by atoms with Gasteiger partial charge in [-0.1, -0.05) is 53.5 Å². The Morgan fingerprint density at radius 2 is 1.72 bits per heavy atom. The van der Waals surface area contributed by atoms with Gasteiger partial charge < -0.3 is 0 Å². The summed E-state index contributed by atoms with van der Waals surface area (Å²) in [6, 6.07) is 13.6. The summed E-state index contributed by atoms with van der Waals surface area (Å²) < 4.78 is 0. The highest BCUT2D eigenvalue weighted by Gasteiger charge is 2.11. The van der Waals surface area contributed by atoms with Crippen molar-refractivity contribution in [1.29, 1.82) is 0 Å². The van der Waals surface area contributed by atoms with Crippen LogP contribution in [0.3, 0.4) is 0 Å². The second-order valence-electron chi connectivity index (χ2n) is 4.27. The first-order chi connectivity index (χ1) is 8.58. The van der Waals surface area contributed by atoms with E-state index in [1.165, 1.54) is 0 Å². The smallest absolute Gasteiger partial charge is 0.0626 e. The molecule has 0 spiro atoms. The first-order valence-electron chi connectivity index (χ1n) is 5.71. The molecular formula is C15H13Cl3. The topological polar surface area (TPSA) is 0 Å². The van der Waals surface area contributed by atoms with Crippen LogP contribution >= 0.6 is 34.8 Å². The third-order valence-corrected chi connectivity index (χ3v) is 4.10. The van der Waals surface area contributed by atoms with Gasteiger partial charge in [-0.15, -0.1) is 11.6 Å². The van der Waals surface area contributed by atoms with E-state index >= 15 is 0 Å². The van der Waals surface area contributed by atoms with E-state index < -0.39 is 0 Å². The van der Waals surface area contributed by atoms with Gasteiger partial charge in [-0.25, -0.2) is 0 Å². The number of rotatable bonds is 3. The Hall–Kier alpha value is -0.690. The van der Waals surface area contributed by atoms with E-state index in [-0.39, 0.29) is 5.38 Å². The van der Waals surface area contributed by atoms with Crippen LogP contribution in [0, 0.1) is 6.92 Å². The molecule has 1 atom stereocenters. The molecule has 0 fully saturated rings. The minimum absolute atomic E-state index is 0.0964. The molecule has 0 saturated carbocycles. The van der Waals surface area contributed by atoms with Gasteiger partial charge in [0, 0.05) is 10.0 Å². The Kier molecular flexibility index (Phi) is 4.55. The fraction of sp³-hybridized carbons (Fsp3) is 0.200. The van der Waals surface area contributed by atoms with Gasteiger partial charge in [-0.2, -0.15) is 0 Å². The second kappa shape index (κ2) is 5.97. The van der Waals surface area contributed by atoms with Gasteiger partial charge in [0.2, 0.25) is 0 Å². The molecule has 0 saturated heterocycles. The minimum Gasteiger partial charge on any atom is -0.117 e. The van der Waals surface area contributed by atoms with Gasteiger partial charge in [0.25, 0.3) is 0 Å². The lowest BCUT2D eigenvalue weighted by atomic mass is 10.0. The van der Waals surface area contributed by atoms with Gasteiger partial charge in [-0.3, -0.25) is 0 Å². The fourth-order valence-electron chi connectivity index (χ4n) is 1.84. The number of hydrogen-bond acceptors (Lipinski definition) is 0. The maximum atomic E-state index is 6.44. The van der Waals surface area contributed by atoms with Crippen molar-refractivity contribution in [2.75, 3.05) is 0 Å². The lowest BCUT2D eigenvalue weighted by Crippen LogP contribution is -1.97. The molecule has 2 aromatic carbocycles. The van der Waals surface area contributed by atoms with E-state index in [2.05, 4.69) is 0 Å². The molecular weight excluding hydrogens is 287 g/mol. The highest BCUT2D eigenvalue weighted by atomic mass is 35.5. The fourth-order valence-corrected chi connectivity index (χ4v) is 2.47. The third-order valence-electron chi connectivity index (χ3n) is 2.90. The molecule has 2 rings (SSSR count). The van der Waals surface area contributed by atoms with Crippen molar-refractivity contribution < 1.29 is 0 Å². The van der Waals surface area contributed by atoms with Crippen LogP contribution in [0.2, 0.25) is 10.0 Å². The molecule has 0 amide bonds. The van der Waals surface area contributed by atoms with Crippen LogP contribution in [-0.2, 0) is 6.42 Å². The summed E-state index contributed by atoms with van der Waals surface area (Å²) in [4.78, 5) is 0. The van der Waals surface area contributed by atoms with E-state index in [0.717, 1.165) is 26.7 Å². The van der Waals surface area contributed by atoms with Gasteiger partial charge in [0.05, 0.1) is 5.38 Å². The molecule has 0 nitrogen and oxygen atoms in total. The molecule has 1 unspecified atom stereocenters. The van der Waals surface area contributed by atoms with E-state index in [4.69, 9.17) is 34.8 Å². The second-order valence-corrected chi connectivity index (χ2v) is 5.61. The van der Waals surface area contributed by atoms with Crippen LogP contribution in [0.5, 0.6) is 0 Å². The SMILES string of the molecule is Cc1cc(C(Cl)Cc2ccccc2Cl)ccc1Cl. The van der Waals surface area contributed by atoms with E-state index in [9.17, 15) is 0 Å². The summed E-state index contributed by atoms with van der Waals surface area (Å²) in [7, 11) is 0. The Labute approximate surface area is 122 Å². The normalized spacial score (nSPS) is 12.4. The molecule has 0 aromatic heterocycles. The molecule has 0 aliphatic carbocycles. The molecule has 0 heterocycles. The predicted octanol–water partition coefficient (Wildman–Crippen LogP) is 5.82. The maximum Gasteiger partial charge on any atom is 0.0626 e. The van der Waals surface area contributed by atoms with Gasteiger partial charge in [0.1, 0.15) is 0 Å². The molecule has 18 heavy (non-hydrogen) atoms. The van der Waals surface area contributed by atoms with E-state index in [1.54, 1.807) is 0 Å². The summed E-state index contributed by atoms with van der Waals surface area (Å²) in [6.45, 7) is 1.98. The largest absolute Gasteiger partial charge is 0.117 e. The highest BCUT2D eigenvalue weighted by Crippen LogP contribution is 2.30. The highest BCUT2D eigenvalue weighted by molar-refractivity contribution is 6.31. The van der Waals surface area contributed by atoms with E-state index in [0.29, 0.717) is 6.42 Å². The number of halogens is 3. The Morgan fingerprint density at radius 3 is 2.39 bits per heavy atom. The average Bonchev–Trinajstić information content (AvgIpc) is 2.35. The van der Waals surface area contributed by atoms with Crippen molar-refractivity contribution in [2.24, 2.45) is 0 Å². The van der Waals surface area contributed by atoms with Crippen LogP contribution in [0.15, 0.2) is 42.5 Å². The third kappa shape index (κ3) is 3.20. The van der Waals surface area contributed by atoms with Crippen molar-refractivity contribution in [3.8, 4) is 0 Å². The molecule has 3 heteroatoms. The van der Waals surface area contributed by atoms with Crippen molar-refractivity contribution in [2.45, 2.75) is 18.7 Å². The van der Waals surface area contributed by atoms with Gasteiger partial charge in [0.15, 0.2) is 0 Å². The monoisotopic (exact) mass is 298 g/mol. The predicted molar refractivity (Wildman–Crippen MR) is 79.9 cm³/mol. The summed E-state index contributed by atoms with van der Waals surface area (Å²) in [5, 5.41) is 1.43. The molecule has 0 aliphatic rings. The summed E-state index contributed by atoms with van der Waals surface area (Å²) in [6.07, 6.45) is 0.711. The zero-order valence-corrected chi connectivity index (χ0v) is 12.2. The molecule has 2 aromatic rings. The Bertz CT molecular complexity index is 549. The number of alkyl halides is 1. The van der Waals surface area contributed by atoms with Crippen LogP contribution in [-0.4, -0.2) is 0 Å². The maximum absolute atomic E-state index is 6.44. The summed E-state index contributed by atoms with van der Waals surface area (Å²) in [5.74, 6) is 0. The van der Waals surface area contributed by atoms with Crippen LogP contribution in [0.25, 0.3) is 0 Å². The molecule has 0 N–H and O–H groups in total. The van der Waals surface area contributed by atoms with Gasteiger partial charge >= 0.3 is 0 Å². The quantitative estimate of drug-likeness (QED) is 0.626. The lowest BCUT2D eigenvalue weighted by molar-refractivity contribution is 0.918. The van der Waals surface area contributed by atoms with Crippen molar-refractivity contribution in [3.05, 3.63) is 69.2 Å². The summed E-state index contributed by atoms with van der Waals surface area (Å²) in [5.41, 5.74) is 3.17. The van der Waals surface area contributed by atoms with Crippen molar-refractivity contribution in [1.82, 2.24) is 0 Å². The standard InChI is InChI=1S/C15H13Cl3/c1-10-8-12(6-7-13(10)16)15(18)9-11-4-2-3-5-14(11)17/h2-8,15H,9H2,1H3. The van der Waals surface area contributed by atoms with Crippen LogP contribution in [0.4, 0.5) is 0 Å². The molecule has 0 bridgehead atoms. The lowest BCUT2D eigenvalue weighted by Gasteiger charge is -2.12. The van der Waals surface area contributed by atoms with Crippen molar-refractivity contribution in [3.63, 3.8) is 0 Å². The number of hydrogen-bond donors (Lipinski definition) is 0. The first kappa shape index (κ1) is 13.7. The first-order valence-corrected chi connectivity index (χ1v) is 6.90.